The Balaban J connectivity index is 2.30. The van der Waals surface area contributed by atoms with Gasteiger partial charge >= 0.3 is 11.7 Å². The number of halogens is 1. The van der Waals surface area contributed by atoms with E-state index in [0.29, 0.717) is 21.9 Å². The Bertz CT molecular complexity index is 994. The number of carbonyl (C=O) groups excluding carboxylic acids is 1. The van der Waals surface area contributed by atoms with E-state index in [1.54, 1.807) is 48.5 Å². The van der Waals surface area contributed by atoms with Crippen molar-refractivity contribution in [1.82, 2.24) is 4.98 Å². The van der Waals surface area contributed by atoms with Crippen LogP contribution < -0.4 is 4.74 Å². The van der Waals surface area contributed by atoms with Crippen LogP contribution in [0.4, 0.5) is 5.69 Å². The van der Waals surface area contributed by atoms with Crippen LogP contribution in [0.5, 0.6) is 5.75 Å². The van der Waals surface area contributed by atoms with Gasteiger partial charge in [-0.2, -0.15) is 0 Å². The van der Waals surface area contributed by atoms with Crippen LogP contribution in [0.25, 0.3) is 22.4 Å². The number of nitrogens with zero attached hydrogens (tertiary/aromatic N) is 1. The van der Waals surface area contributed by atoms with Gasteiger partial charge in [0.25, 0.3) is 0 Å². The number of rotatable bonds is 5. The Morgan fingerprint density at radius 3 is 2.15 bits per heavy atom. The highest BCUT2D eigenvalue weighted by Gasteiger charge is 2.32. The lowest BCUT2D eigenvalue weighted by molar-refractivity contribution is -0.383. The lowest BCUT2D eigenvalue weighted by Crippen LogP contribution is -2.03. The van der Waals surface area contributed by atoms with Crippen molar-refractivity contribution in [3.8, 4) is 28.1 Å². The van der Waals surface area contributed by atoms with Gasteiger partial charge in [-0.3, -0.25) is 10.1 Å². The van der Waals surface area contributed by atoms with Crippen molar-refractivity contribution in [2.75, 3.05) is 14.2 Å². The van der Waals surface area contributed by atoms with Crippen LogP contribution in [-0.2, 0) is 4.74 Å². The molecule has 0 unspecified atom stereocenters. The third kappa shape index (κ3) is 3.50. The number of benzene rings is 2. The molecule has 0 saturated heterocycles. The number of nitrogens with one attached hydrogen (secondary N) is 1. The fourth-order valence-electron chi connectivity index (χ4n) is 2.79. The third-order valence-corrected chi connectivity index (χ3v) is 4.31. The van der Waals surface area contributed by atoms with Crippen molar-refractivity contribution >= 4 is 23.3 Å². The van der Waals surface area contributed by atoms with Crippen LogP contribution in [0.1, 0.15) is 10.5 Å². The molecule has 0 amide bonds. The molecule has 0 radical (unpaired) electrons. The zero-order valence-corrected chi connectivity index (χ0v) is 15.2. The number of hydrogen-bond acceptors (Lipinski definition) is 5. The molecule has 3 rings (SSSR count). The number of esters is 1. The topological polar surface area (TPSA) is 94.5 Å². The first kappa shape index (κ1) is 18.5. The summed E-state index contributed by atoms with van der Waals surface area (Å²) in [6.45, 7) is 0. The third-order valence-electron chi connectivity index (χ3n) is 4.06. The smallest absolute Gasteiger partial charge is 0.355 e. The summed E-state index contributed by atoms with van der Waals surface area (Å²) in [7, 11) is 2.74. The Hall–Kier alpha value is -3.32. The van der Waals surface area contributed by atoms with Crippen LogP contribution >= 0.6 is 11.6 Å². The van der Waals surface area contributed by atoms with Crippen molar-refractivity contribution in [3.63, 3.8) is 0 Å². The summed E-state index contributed by atoms with van der Waals surface area (Å²) < 4.78 is 9.93. The summed E-state index contributed by atoms with van der Waals surface area (Å²) in [6.07, 6.45) is 0. The molecule has 0 saturated carbocycles. The average Bonchev–Trinajstić information content (AvgIpc) is 3.09. The van der Waals surface area contributed by atoms with Gasteiger partial charge in [0.15, 0.2) is 0 Å². The molecule has 3 aromatic rings. The van der Waals surface area contributed by atoms with Crippen molar-refractivity contribution < 1.29 is 19.2 Å². The number of aromatic amines is 1. The Morgan fingerprint density at radius 2 is 1.63 bits per heavy atom. The maximum atomic E-state index is 12.3. The van der Waals surface area contributed by atoms with E-state index in [2.05, 4.69) is 4.98 Å². The minimum Gasteiger partial charge on any atom is -0.497 e. The minimum atomic E-state index is -0.705. The molecule has 8 heteroatoms. The number of nitro groups is 1. The van der Waals surface area contributed by atoms with Crippen LogP contribution in [0.3, 0.4) is 0 Å². The van der Waals surface area contributed by atoms with Gasteiger partial charge in [0.05, 0.1) is 24.7 Å². The number of ether oxygens (including phenoxy) is 2. The van der Waals surface area contributed by atoms with Gasteiger partial charge in [-0.1, -0.05) is 35.9 Å². The Kier molecular flexibility index (Phi) is 5.14. The molecule has 0 spiro atoms. The molecule has 138 valence electrons. The molecule has 0 aliphatic heterocycles. The summed E-state index contributed by atoms with van der Waals surface area (Å²) in [5, 5.41) is 12.4. The summed E-state index contributed by atoms with van der Waals surface area (Å²) in [4.78, 5) is 26.5. The van der Waals surface area contributed by atoms with Crippen LogP contribution in [-0.4, -0.2) is 30.1 Å². The predicted octanol–water partition coefficient (Wildman–Crippen LogP) is 4.71. The lowest BCUT2D eigenvalue weighted by Gasteiger charge is -2.04. The van der Waals surface area contributed by atoms with Crippen LogP contribution in [0.2, 0.25) is 5.02 Å². The summed E-state index contributed by atoms with van der Waals surface area (Å²) in [5.74, 6) is -0.112. The molecular formula is C19H15ClN2O5. The molecule has 1 heterocycles. The van der Waals surface area contributed by atoms with E-state index in [4.69, 9.17) is 21.1 Å². The van der Waals surface area contributed by atoms with Crippen LogP contribution in [0.15, 0.2) is 48.5 Å². The molecule has 1 N–H and O–H groups in total. The van der Waals surface area contributed by atoms with Gasteiger partial charge in [-0.05, 0) is 29.8 Å². The zero-order chi connectivity index (χ0) is 19.6. The van der Waals surface area contributed by atoms with Crippen molar-refractivity contribution in [3.05, 3.63) is 69.4 Å². The van der Waals surface area contributed by atoms with Gasteiger partial charge in [0.2, 0.25) is 0 Å². The number of carbonyl (C=O) groups is 1. The molecule has 0 fully saturated rings. The van der Waals surface area contributed by atoms with E-state index in [1.165, 1.54) is 14.2 Å². The highest BCUT2D eigenvalue weighted by atomic mass is 35.5. The number of aromatic nitrogens is 1. The predicted molar refractivity (Wildman–Crippen MR) is 101 cm³/mol. The second-order valence-electron chi connectivity index (χ2n) is 5.58. The van der Waals surface area contributed by atoms with Gasteiger partial charge in [-0.15, -0.1) is 0 Å². The molecule has 0 bridgehead atoms. The first-order valence-corrected chi connectivity index (χ1v) is 8.23. The van der Waals surface area contributed by atoms with Gasteiger partial charge in [-0.25, -0.2) is 4.79 Å². The van der Waals surface area contributed by atoms with E-state index < -0.39 is 10.9 Å². The van der Waals surface area contributed by atoms with Crippen molar-refractivity contribution in [1.29, 1.82) is 0 Å². The van der Waals surface area contributed by atoms with Gasteiger partial charge < -0.3 is 14.5 Å². The Labute approximate surface area is 159 Å². The highest BCUT2D eigenvalue weighted by Crippen LogP contribution is 2.42. The average molecular weight is 387 g/mol. The largest absolute Gasteiger partial charge is 0.497 e. The quantitative estimate of drug-likeness (QED) is 0.389. The number of methoxy groups -OCH3 is 2. The minimum absolute atomic E-state index is 0.000633. The van der Waals surface area contributed by atoms with Crippen molar-refractivity contribution in [2.24, 2.45) is 0 Å². The summed E-state index contributed by atoms with van der Waals surface area (Å²) in [6, 6.07) is 13.1. The van der Waals surface area contributed by atoms with Gasteiger partial charge in [0.1, 0.15) is 17.1 Å². The highest BCUT2D eigenvalue weighted by molar-refractivity contribution is 6.30. The number of hydrogen-bond donors (Lipinski definition) is 1. The second-order valence-corrected chi connectivity index (χ2v) is 6.02. The maximum Gasteiger partial charge on any atom is 0.355 e. The van der Waals surface area contributed by atoms with Crippen molar-refractivity contribution in [2.45, 2.75) is 0 Å². The molecule has 0 aliphatic carbocycles. The first-order valence-electron chi connectivity index (χ1n) is 7.85. The molecular weight excluding hydrogens is 372 g/mol. The van der Waals surface area contributed by atoms with Crippen LogP contribution in [0, 0.1) is 10.1 Å². The monoisotopic (exact) mass is 386 g/mol. The van der Waals surface area contributed by atoms with E-state index in [9.17, 15) is 14.9 Å². The summed E-state index contributed by atoms with van der Waals surface area (Å²) >= 11 is 5.91. The Morgan fingerprint density at radius 1 is 1.04 bits per heavy atom. The second kappa shape index (κ2) is 7.51. The molecule has 7 nitrogen and oxygen atoms in total. The van der Waals surface area contributed by atoms with E-state index in [-0.39, 0.29) is 22.6 Å². The van der Waals surface area contributed by atoms with E-state index in [0.717, 1.165) is 0 Å². The maximum absolute atomic E-state index is 12.3. The number of H-pyrrole nitrogens is 1. The first-order chi connectivity index (χ1) is 13.0. The molecule has 0 aliphatic rings. The fraction of sp³-hybridized carbons (Fsp3) is 0.105. The summed E-state index contributed by atoms with van der Waals surface area (Å²) in [5.41, 5.74) is 1.14. The van der Waals surface area contributed by atoms with E-state index >= 15 is 0 Å². The fourth-order valence-corrected chi connectivity index (χ4v) is 2.92. The standard InChI is InChI=1S/C19H15ClN2O5/c1-26-14-9-5-11(6-10-14)15-17(19(23)27-2)21-16(18(15)22(24)25)12-3-7-13(20)8-4-12/h3-10,21H,1-2H3. The lowest BCUT2D eigenvalue weighted by atomic mass is 10.0. The molecule has 1 aromatic heterocycles. The molecule has 27 heavy (non-hydrogen) atoms. The van der Waals surface area contributed by atoms with E-state index in [1.807, 2.05) is 0 Å². The SMILES string of the molecule is COC(=O)c1[nH]c(-c2ccc(Cl)cc2)c([N+](=O)[O-])c1-c1ccc(OC)cc1. The van der Waals surface area contributed by atoms with Gasteiger partial charge in [0, 0.05) is 10.6 Å². The normalized spacial score (nSPS) is 10.5. The zero-order valence-electron chi connectivity index (χ0n) is 14.5. The molecule has 0 atom stereocenters. The molecule has 2 aromatic carbocycles.